The van der Waals surface area contributed by atoms with Crippen molar-refractivity contribution in [3.05, 3.63) is 34.9 Å². The van der Waals surface area contributed by atoms with Gasteiger partial charge in [-0.15, -0.1) is 0 Å². The molecule has 98 valence electrons. The number of rotatable bonds is 6. The highest BCUT2D eigenvalue weighted by Crippen LogP contribution is 2.36. The Morgan fingerprint density at radius 3 is 2.78 bits per heavy atom. The van der Waals surface area contributed by atoms with Gasteiger partial charge in [0.15, 0.2) is 0 Å². The Morgan fingerprint density at radius 1 is 1.50 bits per heavy atom. The molecule has 0 spiro atoms. The Balaban J connectivity index is 1.86. The fourth-order valence-electron chi connectivity index (χ4n) is 2.31. The van der Waals surface area contributed by atoms with Crippen LogP contribution in [0.25, 0.3) is 0 Å². The highest BCUT2D eigenvalue weighted by Gasteiger charge is 2.27. The summed E-state index contributed by atoms with van der Waals surface area (Å²) in [6, 6.07) is 5.66. The number of aryl methyl sites for hydroxylation is 1. The minimum atomic E-state index is -0.361. The topological polar surface area (TPSA) is 55.1 Å². The van der Waals surface area contributed by atoms with Gasteiger partial charge in [-0.2, -0.15) is 0 Å². The van der Waals surface area contributed by atoms with Gasteiger partial charge in [-0.1, -0.05) is 13.0 Å². The van der Waals surface area contributed by atoms with Gasteiger partial charge in [0.05, 0.1) is 0 Å². The lowest BCUT2D eigenvalue weighted by atomic mass is 10.0. The molecule has 3 heteroatoms. The van der Waals surface area contributed by atoms with Crippen molar-refractivity contribution in [2.75, 3.05) is 6.54 Å². The largest absolute Gasteiger partial charge is 0.366 e. The van der Waals surface area contributed by atoms with Crippen LogP contribution in [0.5, 0.6) is 0 Å². The number of nitrogens with one attached hydrogen (secondary N) is 1. The number of carbonyl (C=O) groups is 1. The van der Waals surface area contributed by atoms with Crippen LogP contribution in [-0.2, 0) is 6.54 Å². The van der Waals surface area contributed by atoms with E-state index in [1.165, 1.54) is 18.4 Å². The molecule has 0 aromatic heterocycles. The Kier molecular flexibility index (Phi) is 4.02. The summed E-state index contributed by atoms with van der Waals surface area (Å²) in [5.74, 6) is 1.35. The molecular weight excluding hydrogens is 224 g/mol. The molecule has 0 bridgehead atoms. The molecule has 1 amide bonds. The van der Waals surface area contributed by atoms with E-state index in [1.807, 2.05) is 19.1 Å². The maximum atomic E-state index is 11.1. The fourth-order valence-corrected chi connectivity index (χ4v) is 2.31. The Morgan fingerprint density at radius 2 is 2.22 bits per heavy atom. The molecule has 1 aliphatic rings. The summed E-state index contributed by atoms with van der Waals surface area (Å²) >= 11 is 0. The molecule has 1 aliphatic carbocycles. The van der Waals surface area contributed by atoms with Gasteiger partial charge in [-0.05, 0) is 61.4 Å². The van der Waals surface area contributed by atoms with Crippen LogP contribution in [0.2, 0.25) is 0 Å². The average Bonchev–Trinajstić information content (AvgIpc) is 3.14. The van der Waals surface area contributed by atoms with Gasteiger partial charge in [0.1, 0.15) is 0 Å². The Bertz CT molecular complexity index is 438. The summed E-state index contributed by atoms with van der Waals surface area (Å²) in [5.41, 5.74) is 8.21. The van der Waals surface area contributed by atoms with Gasteiger partial charge in [0.2, 0.25) is 5.91 Å². The molecule has 0 radical (unpaired) electrons. The minimum Gasteiger partial charge on any atom is -0.366 e. The van der Waals surface area contributed by atoms with E-state index in [0.717, 1.165) is 30.5 Å². The van der Waals surface area contributed by atoms with Crippen LogP contribution in [0.1, 0.15) is 41.3 Å². The molecule has 0 aliphatic heterocycles. The van der Waals surface area contributed by atoms with Crippen LogP contribution in [0.4, 0.5) is 0 Å². The van der Waals surface area contributed by atoms with E-state index in [-0.39, 0.29) is 5.91 Å². The zero-order chi connectivity index (χ0) is 13.1. The van der Waals surface area contributed by atoms with Crippen LogP contribution in [0, 0.1) is 18.8 Å². The lowest BCUT2D eigenvalue weighted by Crippen LogP contribution is -2.22. The summed E-state index contributed by atoms with van der Waals surface area (Å²) in [6.07, 6.45) is 2.80. The Hall–Kier alpha value is -1.35. The first-order chi connectivity index (χ1) is 8.58. The van der Waals surface area contributed by atoms with Crippen LogP contribution < -0.4 is 11.1 Å². The first-order valence-corrected chi connectivity index (χ1v) is 6.68. The summed E-state index contributed by atoms with van der Waals surface area (Å²) in [6.45, 7) is 6.27. The molecule has 18 heavy (non-hydrogen) atoms. The van der Waals surface area contributed by atoms with E-state index >= 15 is 0 Å². The molecule has 0 saturated heterocycles. The first-order valence-electron chi connectivity index (χ1n) is 6.68. The van der Waals surface area contributed by atoms with Crippen molar-refractivity contribution in [3.8, 4) is 0 Å². The summed E-state index contributed by atoms with van der Waals surface area (Å²) in [7, 11) is 0. The monoisotopic (exact) mass is 246 g/mol. The zero-order valence-corrected chi connectivity index (χ0v) is 11.2. The lowest BCUT2D eigenvalue weighted by Gasteiger charge is -2.13. The second-order valence-electron chi connectivity index (χ2n) is 5.45. The summed E-state index contributed by atoms with van der Waals surface area (Å²) < 4.78 is 0. The maximum Gasteiger partial charge on any atom is 0.248 e. The number of hydrogen-bond donors (Lipinski definition) is 2. The molecule has 3 N–H and O–H groups in total. The Labute approximate surface area is 109 Å². The molecule has 1 saturated carbocycles. The number of benzene rings is 1. The van der Waals surface area contributed by atoms with E-state index in [1.54, 1.807) is 6.07 Å². The molecule has 1 aromatic carbocycles. The number of carbonyl (C=O) groups excluding carboxylic acids is 1. The standard InChI is InChI=1S/C15H22N2O/c1-10-7-13(15(16)18)5-6-14(10)9-17-8-11(2)12-3-4-12/h5-7,11-12,17H,3-4,8-9H2,1-2H3,(H2,16,18). The van der Waals surface area contributed by atoms with Gasteiger partial charge in [0.25, 0.3) is 0 Å². The van der Waals surface area contributed by atoms with E-state index in [2.05, 4.69) is 12.2 Å². The van der Waals surface area contributed by atoms with E-state index < -0.39 is 0 Å². The van der Waals surface area contributed by atoms with Crippen molar-refractivity contribution >= 4 is 5.91 Å². The zero-order valence-electron chi connectivity index (χ0n) is 11.2. The van der Waals surface area contributed by atoms with Gasteiger partial charge in [0, 0.05) is 12.1 Å². The first kappa shape index (κ1) is 13.1. The second kappa shape index (κ2) is 5.53. The number of hydrogen-bond acceptors (Lipinski definition) is 2. The highest BCUT2D eigenvalue weighted by atomic mass is 16.1. The predicted molar refractivity (Wildman–Crippen MR) is 73.3 cm³/mol. The summed E-state index contributed by atoms with van der Waals surface area (Å²) in [4.78, 5) is 11.1. The van der Waals surface area contributed by atoms with Gasteiger partial charge in [-0.3, -0.25) is 4.79 Å². The van der Waals surface area contributed by atoms with Gasteiger partial charge < -0.3 is 11.1 Å². The quantitative estimate of drug-likeness (QED) is 0.808. The highest BCUT2D eigenvalue weighted by molar-refractivity contribution is 5.93. The van der Waals surface area contributed by atoms with Crippen molar-refractivity contribution in [3.63, 3.8) is 0 Å². The van der Waals surface area contributed by atoms with E-state index in [9.17, 15) is 4.79 Å². The SMILES string of the molecule is Cc1cc(C(N)=O)ccc1CNCC(C)C1CC1. The average molecular weight is 246 g/mol. The van der Waals surface area contributed by atoms with Crippen LogP contribution >= 0.6 is 0 Å². The lowest BCUT2D eigenvalue weighted by molar-refractivity contribution is 0.1000. The second-order valence-corrected chi connectivity index (χ2v) is 5.45. The van der Waals surface area contributed by atoms with Gasteiger partial charge in [-0.25, -0.2) is 0 Å². The number of amides is 1. The van der Waals surface area contributed by atoms with Crippen LogP contribution in [0.3, 0.4) is 0 Å². The molecule has 2 rings (SSSR count). The normalized spacial score (nSPS) is 16.6. The third-order valence-corrected chi connectivity index (χ3v) is 3.84. The molecule has 1 unspecified atom stereocenters. The number of primary amides is 1. The molecule has 0 heterocycles. The van der Waals surface area contributed by atoms with Crippen LogP contribution in [0.15, 0.2) is 18.2 Å². The molecule has 1 atom stereocenters. The predicted octanol–water partition coefficient (Wildman–Crippen LogP) is 2.23. The third-order valence-electron chi connectivity index (χ3n) is 3.84. The molecule has 1 fully saturated rings. The summed E-state index contributed by atoms with van der Waals surface area (Å²) in [5, 5.41) is 3.50. The fraction of sp³-hybridized carbons (Fsp3) is 0.533. The van der Waals surface area contributed by atoms with Crippen molar-refractivity contribution in [2.45, 2.75) is 33.2 Å². The van der Waals surface area contributed by atoms with Crippen LogP contribution in [-0.4, -0.2) is 12.5 Å². The molecule has 1 aromatic rings. The van der Waals surface area contributed by atoms with E-state index in [4.69, 9.17) is 5.73 Å². The van der Waals surface area contributed by atoms with Crippen molar-refractivity contribution < 1.29 is 4.79 Å². The number of nitrogens with two attached hydrogens (primary N) is 1. The van der Waals surface area contributed by atoms with Gasteiger partial charge >= 0.3 is 0 Å². The van der Waals surface area contributed by atoms with Crippen molar-refractivity contribution in [1.29, 1.82) is 0 Å². The van der Waals surface area contributed by atoms with E-state index in [0.29, 0.717) is 5.56 Å². The minimum absolute atomic E-state index is 0.361. The molecular formula is C15H22N2O. The molecule has 3 nitrogen and oxygen atoms in total. The van der Waals surface area contributed by atoms with Crippen molar-refractivity contribution in [2.24, 2.45) is 17.6 Å². The third kappa shape index (κ3) is 3.33. The van der Waals surface area contributed by atoms with Crippen molar-refractivity contribution in [1.82, 2.24) is 5.32 Å². The smallest absolute Gasteiger partial charge is 0.248 e. The maximum absolute atomic E-state index is 11.1.